The number of fused-ring (bicyclic) bond motifs is 5. The molecule has 0 radical (unpaired) electrons. The van der Waals surface area contributed by atoms with Crippen LogP contribution in [-0.4, -0.2) is 36.7 Å². The van der Waals surface area contributed by atoms with Gasteiger partial charge in [-0.25, -0.2) is 0 Å². The van der Waals surface area contributed by atoms with Crippen LogP contribution in [0.15, 0.2) is 23.3 Å². The first kappa shape index (κ1) is 26.0. The van der Waals surface area contributed by atoms with Gasteiger partial charge in [-0.15, -0.1) is 0 Å². The van der Waals surface area contributed by atoms with Crippen LogP contribution < -0.4 is 5.32 Å². The van der Waals surface area contributed by atoms with Crippen LogP contribution in [0.5, 0.6) is 0 Å². The van der Waals surface area contributed by atoms with Crippen LogP contribution in [-0.2, 0) is 19.1 Å². The summed E-state index contributed by atoms with van der Waals surface area (Å²) in [5, 5.41) is 3.84. The molecule has 1 saturated heterocycles. The van der Waals surface area contributed by atoms with Gasteiger partial charge >= 0.3 is 11.9 Å². The van der Waals surface area contributed by atoms with Crippen molar-refractivity contribution < 1.29 is 19.1 Å². The normalized spacial score (nSPS) is 44.8. The zero-order chi connectivity index (χ0) is 25.8. The van der Waals surface area contributed by atoms with Crippen LogP contribution in [0, 0.1) is 40.4 Å². The van der Waals surface area contributed by atoms with Crippen LogP contribution in [0.1, 0.15) is 92.9 Å². The second kappa shape index (κ2) is 9.60. The van der Waals surface area contributed by atoms with Crippen molar-refractivity contribution >= 4 is 11.9 Å². The van der Waals surface area contributed by atoms with Crippen LogP contribution in [0.3, 0.4) is 0 Å². The Morgan fingerprint density at radius 3 is 2.47 bits per heavy atom. The zero-order valence-corrected chi connectivity index (χ0v) is 23.3. The summed E-state index contributed by atoms with van der Waals surface area (Å²) >= 11 is 0. The highest BCUT2D eigenvalue weighted by molar-refractivity contribution is 5.66. The molecule has 10 unspecified atom stereocenters. The van der Waals surface area contributed by atoms with E-state index >= 15 is 0 Å². The maximum absolute atomic E-state index is 12.3. The lowest BCUT2D eigenvalue weighted by molar-refractivity contribution is -0.152. The molecule has 0 spiro atoms. The minimum absolute atomic E-state index is 0.0303. The molecule has 10 atom stereocenters. The molecular weight excluding hydrogens is 450 g/mol. The van der Waals surface area contributed by atoms with E-state index in [-0.39, 0.29) is 35.0 Å². The van der Waals surface area contributed by atoms with Gasteiger partial charge in [-0.3, -0.25) is 9.59 Å². The summed E-state index contributed by atoms with van der Waals surface area (Å²) in [6.07, 6.45) is 13.6. The highest BCUT2D eigenvalue weighted by Gasteiger charge is 2.60. The van der Waals surface area contributed by atoms with Crippen molar-refractivity contribution in [3.63, 3.8) is 0 Å². The number of ether oxygens (including phenoxy) is 2. The number of esters is 2. The maximum Gasteiger partial charge on any atom is 0.302 e. The summed E-state index contributed by atoms with van der Waals surface area (Å²) in [6.45, 7) is 13.8. The minimum Gasteiger partial charge on any atom is -0.462 e. The first-order valence-electron chi connectivity index (χ1n) is 14.5. The van der Waals surface area contributed by atoms with Crippen LogP contribution in [0.2, 0.25) is 0 Å². The van der Waals surface area contributed by atoms with E-state index in [1.54, 1.807) is 12.5 Å². The van der Waals surface area contributed by atoms with E-state index in [0.717, 1.165) is 51.0 Å². The summed E-state index contributed by atoms with van der Waals surface area (Å²) < 4.78 is 11.8. The quantitative estimate of drug-likeness (QED) is 0.382. The highest BCUT2D eigenvalue weighted by Crippen LogP contribution is 2.64. The number of nitrogens with one attached hydrogen (secondary N) is 1. The SMILES string of the molecule is CC(=O)OC1CCC2(C)C(=CCC3C4CC(OC(C)=O)C(C)(C(C)C5CCC(C)CN5)C4=CCC32)C1. The van der Waals surface area contributed by atoms with E-state index < -0.39 is 0 Å². The lowest BCUT2D eigenvalue weighted by Crippen LogP contribution is -2.51. The average molecular weight is 498 g/mol. The van der Waals surface area contributed by atoms with Crippen molar-refractivity contribution in [2.75, 3.05) is 6.54 Å². The number of rotatable bonds is 4. The van der Waals surface area contributed by atoms with Crippen molar-refractivity contribution in [2.45, 2.75) is 111 Å². The summed E-state index contributed by atoms with van der Waals surface area (Å²) in [5.41, 5.74) is 3.11. The van der Waals surface area contributed by atoms with Crippen molar-refractivity contribution in [1.82, 2.24) is 5.32 Å². The topological polar surface area (TPSA) is 64.6 Å². The number of allylic oxidation sites excluding steroid dienone is 2. The largest absolute Gasteiger partial charge is 0.462 e. The minimum atomic E-state index is -0.166. The molecular formula is C31H47NO4. The van der Waals surface area contributed by atoms with Gasteiger partial charge in [0, 0.05) is 31.7 Å². The molecule has 1 N–H and O–H groups in total. The molecule has 200 valence electrons. The molecule has 0 aromatic heterocycles. The van der Waals surface area contributed by atoms with E-state index in [1.807, 2.05) is 0 Å². The predicted molar refractivity (Wildman–Crippen MR) is 141 cm³/mol. The molecule has 4 aliphatic carbocycles. The summed E-state index contributed by atoms with van der Waals surface area (Å²) in [6, 6.07) is 0.466. The molecule has 0 aromatic carbocycles. The molecule has 5 nitrogen and oxygen atoms in total. The maximum atomic E-state index is 12.3. The molecule has 5 rings (SSSR count). The molecule has 2 saturated carbocycles. The van der Waals surface area contributed by atoms with Gasteiger partial charge in [0.25, 0.3) is 0 Å². The van der Waals surface area contributed by atoms with Crippen molar-refractivity contribution in [3.05, 3.63) is 23.3 Å². The van der Waals surface area contributed by atoms with E-state index in [2.05, 4.69) is 45.2 Å². The summed E-state index contributed by atoms with van der Waals surface area (Å²) in [7, 11) is 0. The number of carbonyl (C=O) groups excluding carboxylic acids is 2. The van der Waals surface area contributed by atoms with E-state index in [0.29, 0.717) is 29.7 Å². The highest BCUT2D eigenvalue weighted by atomic mass is 16.5. The fourth-order valence-electron chi connectivity index (χ4n) is 9.08. The van der Waals surface area contributed by atoms with Crippen LogP contribution in [0.25, 0.3) is 0 Å². The van der Waals surface area contributed by atoms with Gasteiger partial charge in [-0.2, -0.15) is 0 Å². The van der Waals surface area contributed by atoms with Crippen LogP contribution in [0.4, 0.5) is 0 Å². The molecule has 1 heterocycles. The lowest BCUT2D eigenvalue weighted by atomic mass is 9.51. The Hall–Kier alpha value is -1.62. The molecule has 36 heavy (non-hydrogen) atoms. The molecule has 0 aromatic rings. The fraction of sp³-hybridized carbons (Fsp3) is 0.806. The average Bonchev–Trinajstić information content (AvgIpc) is 3.11. The third-order valence-corrected chi connectivity index (χ3v) is 11.3. The van der Waals surface area contributed by atoms with Crippen molar-refractivity contribution in [3.8, 4) is 0 Å². The van der Waals surface area contributed by atoms with Crippen molar-refractivity contribution in [1.29, 1.82) is 0 Å². The molecule has 5 aliphatic rings. The Kier molecular flexibility index (Phi) is 6.93. The molecule has 0 amide bonds. The smallest absolute Gasteiger partial charge is 0.302 e. The first-order chi connectivity index (χ1) is 17.0. The first-order valence-corrected chi connectivity index (χ1v) is 14.5. The van der Waals surface area contributed by atoms with Gasteiger partial charge in [0.15, 0.2) is 0 Å². The summed E-state index contributed by atoms with van der Waals surface area (Å²) in [5.74, 6) is 2.50. The number of carbonyl (C=O) groups is 2. The monoisotopic (exact) mass is 497 g/mol. The lowest BCUT2D eigenvalue weighted by Gasteiger charge is -2.54. The molecule has 5 heteroatoms. The van der Waals surface area contributed by atoms with E-state index in [4.69, 9.17) is 9.47 Å². The van der Waals surface area contributed by atoms with Gasteiger partial charge in [0.05, 0.1) is 0 Å². The number of hydrogen-bond donors (Lipinski definition) is 1. The van der Waals surface area contributed by atoms with E-state index in [9.17, 15) is 9.59 Å². The Balaban J connectivity index is 1.42. The van der Waals surface area contributed by atoms with Gasteiger partial charge in [-0.1, -0.05) is 51.0 Å². The number of hydrogen-bond acceptors (Lipinski definition) is 5. The second-order valence-electron chi connectivity index (χ2n) is 13.2. The van der Waals surface area contributed by atoms with Crippen molar-refractivity contribution in [2.24, 2.45) is 40.4 Å². The van der Waals surface area contributed by atoms with Gasteiger partial charge in [-0.05, 0) is 86.5 Å². The summed E-state index contributed by atoms with van der Waals surface area (Å²) in [4.78, 5) is 23.8. The predicted octanol–water partition coefficient (Wildman–Crippen LogP) is 5.98. The Labute approximate surface area is 217 Å². The standard InChI is InChI=1S/C31H47NO4/c1-18-7-12-28(32-17-18)19(2)31(6)27-11-10-26-24(25(27)16-29(31)36-21(4)34)9-8-22-15-23(35-20(3)33)13-14-30(22,26)5/h8,11,18-19,23-26,28-29,32H,7,9-10,12-17H2,1-6H3. The molecule has 0 bridgehead atoms. The molecule has 3 fully saturated rings. The third-order valence-electron chi connectivity index (χ3n) is 11.3. The number of piperidine rings is 1. The van der Waals surface area contributed by atoms with Gasteiger partial charge < -0.3 is 14.8 Å². The molecule has 1 aliphatic heterocycles. The van der Waals surface area contributed by atoms with E-state index in [1.165, 1.54) is 25.3 Å². The zero-order valence-electron chi connectivity index (χ0n) is 23.3. The van der Waals surface area contributed by atoms with Gasteiger partial charge in [0.2, 0.25) is 0 Å². The third kappa shape index (κ3) is 4.27. The Morgan fingerprint density at radius 1 is 1.06 bits per heavy atom. The fourth-order valence-corrected chi connectivity index (χ4v) is 9.08. The second-order valence-corrected chi connectivity index (χ2v) is 13.2. The Morgan fingerprint density at radius 2 is 1.81 bits per heavy atom. The van der Waals surface area contributed by atoms with Crippen LogP contribution >= 0.6 is 0 Å². The van der Waals surface area contributed by atoms with Gasteiger partial charge in [0.1, 0.15) is 12.2 Å². The Bertz CT molecular complexity index is 946.